The number of amides is 5. The van der Waals surface area contributed by atoms with Gasteiger partial charge in [0.2, 0.25) is 29.4 Å². The molecule has 45 heavy (non-hydrogen) atoms. The number of ketones is 1. The zero-order valence-corrected chi connectivity index (χ0v) is 25.5. The van der Waals surface area contributed by atoms with Crippen molar-refractivity contribution in [3.63, 3.8) is 0 Å². The van der Waals surface area contributed by atoms with Crippen molar-refractivity contribution in [2.45, 2.75) is 63.7 Å². The maximum atomic E-state index is 13.3. The van der Waals surface area contributed by atoms with Crippen molar-refractivity contribution in [3.8, 4) is 0 Å². The SMILES string of the molecule is CC(NC(=O)[C@H](Cc1ccccc1)NC(=O)Cc1ccccc1)C(=O)C(=O)N[C@@H](Cc1ccccc1)C(=O)NC(C)(C)C(N)=O. The van der Waals surface area contributed by atoms with Crippen LogP contribution in [-0.4, -0.2) is 59.0 Å². The van der Waals surface area contributed by atoms with E-state index in [0.717, 1.165) is 11.1 Å². The lowest BCUT2D eigenvalue weighted by Crippen LogP contribution is -2.60. The summed E-state index contributed by atoms with van der Waals surface area (Å²) in [7, 11) is 0. The molecule has 0 fully saturated rings. The highest BCUT2D eigenvalue weighted by molar-refractivity contribution is 6.38. The van der Waals surface area contributed by atoms with Crippen LogP contribution in [0, 0.1) is 0 Å². The maximum Gasteiger partial charge on any atom is 0.290 e. The molecule has 0 saturated carbocycles. The number of primary amides is 1. The number of carbonyl (C=O) groups is 6. The molecule has 6 N–H and O–H groups in total. The van der Waals surface area contributed by atoms with Gasteiger partial charge in [0, 0.05) is 12.8 Å². The van der Waals surface area contributed by atoms with Crippen molar-refractivity contribution in [1.82, 2.24) is 21.3 Å². The van der Waals surface area contributed by atoms with Crippen LogP contribution in [0.1, 0.15) is 37.5 Å². The van der Waals surface area contributed by atoms with Crippen LogP contribution in [-0.2, 0) is 48.0 Å². The molecule has 11 nitrogen and oxygen atoms in total. The van der Waals surface area contributed by atoms with Crippen molar-refractivity contribution >= 4 is 35.3 Å². The van der Waals surface area contributed by atoms with Gasteiger partial charge < -0.3 is 27.0 Å². The Bertz CT molecular complexity index is 1500. The lowest BCUT2D eigenvalue weighted by atomic mass is 10.0. The number of hydrogen-bond donors (Lipinski definition) is 5. The predicted molar refractivity (Wildman–Crippen MR) is 168 cm³/mol. The Kier molecular flexibility index (Phi) is 12.1. The van der Waals surface area contributed by atoms with Gasteiger partial charge in [0.1, 0.15) is 17.6 Å². The van der Waals surface area contributed by atoms with Crippen molar-refractivity contribution in [2.24, 2.45) is 5.73 Å². The van der Waals surface area contributed by atoms with Gasteiger partial charge in [-0.1, -0.05) is 91.0 Å². The van der Waals surface area contributed by atoms with Crippen molar-refractivity contribution in [2.75, 3.05) is 0 Å². The van der Waals surface area contributed by atoms with Gasteiger partial charge in [-0.3, -0.25) is 28.8 Å². The number of nitrogens with one attached hydrogen (secondary N) is 4. The third kappa shape index (κ3) is 10.7. The van der Waals surface area contributed by atoms with E-state index < -0.39 is 53.1 Å². The molecule has 236 valence electrons. The number of benzene rings is 3. The summed E-state index contributed by atoms with van der Waals surface area (Å²) in [6.45, 7) is 4.18. The van der Waals surface area contributed by atoms with E-state index in [2.05, 4.69) is 21.3 Å². The third-order valence-electron chi connectivity index (χ3n) is 7.07. The fourth-order valence-electron chi connectivity index (χ4n) is 4.41. The van der Waals surface area contributed by atoms with Gasteiger partial charge in [0.15, 0.2) is 0 Å². The predicted octanol–water partition coefficient (Wildman–Crippen LogP) is 1.14. The molecule has 3 aromatic rings. The number of hydrogen-bond acceptors (Lipinski definition) is 6. The number of nitrogens with two attached hydrogens (primary N) is 1. The highest BCUT2D eigenvalue weighted by Gasteiger charge is 2.34. The molecule has 0 aliphatic heterocycles. The molecule has 0 spiro atoms. The average molecular weight is 614 g/mol. The summed E-state index contributed by atoms with van der Waals surface area (Å²) in [6.07, 6.45) is 0.219. The summed E-state index contributed by atoms with van der Waals surface area (Å²) in [5.41, 5.74) is 6.21. The van der Waals surface area contributed by atoms with E-state index in [-0.39, 0.29) is 25.2 Å². The maximum absolute atomic E-state index is 13.3. The highest BCUT2D eigenvalue weighted by atomic mass is 16.2. The fraction of sp³-hybridized carbons (Fsp3) is 0.294. The lowest BCUT2D eigenvalue weighted by Gasteiger charge is -2.26. The molecule has 0 saturated heterocycles. The first-order valence-electron chi connectivity index (χ1n) is 14.5. The molecule has 11 heteroatoms. The molecule has 3 rings (SSSR count). The molecule has 3 atom stereocenters. The molecule has 0 aromatic heterocycles. The first-order valence-corrected chi connectivity index (χ1v) is 14.5. The van der Waals surface area contributed by atoms with E-state index in [4.69, 9.17) is 5.73 Å². The Morgan fingerprint density at radius 2 is 1.09 bits per heavy atom. The van der Waals surface area contributed by atoms with Crippen LogP contribution in [0.5, 0.6) is 0 Å². The van der Waals surface area contributed by atoms with E-state index in [1.54, 1.807) is 54.6 Å². The smallest absolute Gasteiger partial charge is 0.290 e. The van der Waals surface area contributed by atoms with Gasteiger partial charge in [-0.15, -0.1) is 0 Å². The molecule has 0 radical (unpaired) electrons. The molecule has 0 heterocycles. The highest BCUT2D eigenvalue weighted by Crippen LogP contribution is 2.09. The zero-order valence-electron chi connectivity index (χ0n) is 25.5. The molecule has 0 aliphatic rings. The van der Waals surface area contributed by atoms with E-state index in [1.807, 2.05) is 36.4 Å². The first kappa shape index (κ1) is 34.2. The summed E-state index contributed by atoms with van der Waals surface area (Å²) in [5, 5.41) is 10.2. The molecular weight excluding hydrogens is 574 g/mol. The van der Waals surface area contributed by atoms with Crippen LogP contribution in [0.3, 0.4) is 0 Å². The van der Waals surface area contributed by atoms with Crippen LogP contribution in [0.15, 0.2) is 91.0 Å². The van der Waals surface area contributed by atoms with Crippen LogP contribution in [0.4, 0.5) is 0 Å². The fourth-order valence-corrected chi connectivity index (χ4v) is 4.41. The minimum atomic E-state index is -1.42. The number of Topliss-reactive ketones (excluding diaryl/α,β-unsaturated/α-hetero) is 1. The zero-order chi connectivity index (χ0) is 33.0. The second-order valence-corrected chi connectivity index (χ2v) is 11.3. The summed E-state index contributed by atoms with van der Waals surface area (Å²) >= 11 is 0. The summed E-state index contributed by atoms with van der Waals surface area (Å²) < 4.78 is 0. The Morgan fingerprint density at radius 1 is 0.644 bits per heavy atom. The van der Waals surface area contributed by atoms with Gasteiger partial charge in [0.25, 0.3) is 5.91 Å². The molecule has 5 amide bonds. The second-order valence-electron chi connectivity index (χ2n) is 11.3. The van der Waals surface area contributed by atoms with E-state index in [9.17, 15) is 28.8 Å². The molecule has 0 bridgehead atoms. The quantitative estimate of drug-likeness (QED) is 0.161. The van der Waals surface area contributed by atoms with E-state index in [1.165, 1.54) is 20.8 Å². The van der Waals surface area contributed by atoms with Gasteiger partial charge in [0.05, 0.1) is 12.5 Å². The van der Waals surface area contributed by atoms with Crippen molar-refractivity contribution < 1.29 is 28.8 Å². The second kappa shape index (κ2) is 15.9. The van der Waals surface area contributed by atoms with Crippen LogP contribution in [0.2, 0.25) is 0 Å². The Morgan fingerprint density at radius 3 is 1.56 bits per heavy atom. The molecule has 3 aromatic carbocycles. The van der Waals surface area contributed by atoms with E-state index in [0.29, 0.717) is 5.56 Å². The Labute approximate surface area is 262 Å². The van der Waals surface area contributed by atoms with Crippen LogP contribution >= 0.6 is 0 Å². The molecular formula is C34H39N5O6. The van der Waals surface area contributed by atoms with Gasteiger partial charge >= 0.3 is 0 Å². The van der Waals surface area contributed by atoms with Gasteiger partial charge in [-0.25, -0.2) is 0 Å². The summed E-state index contributed by atoms with van der Waals surface area (Å²) in [6, 6.07) is 23.3. The summed E-state index contributed by atoms with van der Waals surface area (Å²) in [5.74, 6) is -4.65. The Balaban J connectivity index is 1.71. The minimum absolute atomic E-state index is 0.0217. The van der Waals surface area contributed by atoms with E-state index >= 15 is 0 Å². The summed E-state index contributed by atoms with van der Waals surface area (Å²) in [4.78, 5) is 77.2. The van der Waals surface area contributed by atoms with Crippen molar-refractivity contribution in [1.29, 1.82) is 0 Å². The Hall–Kier alpha value is -5.32. The van der Waals surface area contributed by atoms with Crippen LogP contribution in [0.25, 0.3) is 0 Å². The topological polar surface area (TPSA) is 177 Å². The van der Waals surface area contributed by atoms with Crippen molar-refractivity contribution in [3.05, 3.63) is 108 Å². The normalized spacial score (nSPS) is 13.0. The van der Waals surface area contributed by atoms with Gasteiger partial charge in [-0.2, -0.15) is 0 Å². The molecule has 0 aliphatic carbocycles. The number of carbonyl (C=O) groups excluding carboxylic acids is 6. The lowest BCUT2D eigenvalue weighted by molar-refractivity contribution is -0.141. The van der Waals surface area contributed by atoms with Gasteiger partial charge in [-0.05, 0) is 37.5 Å². The largest absolute Gasteiger partial charge is 0.368 e. The monoisotopic (exact) mass is 613 g/mol. The molecule has 1 unspecified atom stereocenters. The number of rotatable bonds is 15. The third-order valence-corrected chi connectivity index (χ3v) is 7.07. The standard InChI is InChI=1S/C34H39N5O6/c1-22(29(41)32(44)38-27(20-24-15-9-5-10-16-24)31(43)39-34(2,3)33(35)45)36-30(42)26(19-23-13-7-4-8-14-23)37-28(40)21-25-17-11-6-12-18-25/h4-18,22,26-27H,19-21H2,1-3H3,(H2,35,45)(H,36,42)(H,37,40)(H,38,44)(H,39,43)/t22?,26-,27-/m0/s1. The first-order chi connectivity index (χ1) is 21.4. The van der Waals surface area contributed by atoms with Crippen LogP contribution < -0.4 is 27.0 Å². The average Bonchev–Trinajstić information content (AvgIpc) is 3.01. The minimum Gasteiger partial charge on any atom is -0.368 e.